The summed E-state index contributed by atoms with van der Waals surface area (Å²) in [6.07, 6.45) is 0.885. The van der Waals surface area contributed by atoms with Crippen LogP contribution in [-0.2, 0) is 13.5 Å². The molecule has 0 aliphatic carbocycles. The van der Waals surface area contributed by atoms with Crippen LogP contribution in [0.1, 0.15) is 5.56 Å². The van der Waals surface area contributed by atoms with Crippen molar-refractivity contribution in [3.63, 3.8) is 0 Å². The molecule has 0 bridgehead atoms. The lowest BCUT2D eigenvalue weighted by Gasteiger charge is -2.09. The van der Waals surface area contributed by atoms with Crippen LogP contribution in [-0.4, -0.2) is 20.7 Å². The molecule has 0 atom stereocenters. The van der Waals surface area contributed by atoms with Crippen LogP contribution in [0.5, 0.6) is 0 Å². The molecule has 0 saturated carbocycles. The summed E-state index contributed by atoms with van der Waals surface area (Å²) in [5.41, 5.74) is 2.68. The van der Waals surface area contributed by atoms with E-state index >= 15 is 0 Å². The summed E-state index contributed by atoms with van der Waals surface area (Å²) in [6, 6.07) is 19.1. The van der Waals surface area contributed by atoms with Gasteiger partial charge in [-0.2, -0.15) is 0 Å². The first-order chi connectivity index (χ1) is 13.6. The second-order valence-corrected chi connectivity index (χ2v) is 7.26. The lowest BCUT2D eigenvalue weighted by Crippen LogP contribution is -2.21. The highest BCUT2D eigenvalue weighted by molar-refractivity contribution is 6.37. The number of hydrogen-bond acceptors (Lipinski definition) is 3. The van der Waals surface area contributed by atoms with Crippen molar-refractivity contribution in [3.8, 4) is 5.69 Å². The number of aryl methyl sites for hydroxylation is 1. The zero-order valence-electron chi connectivity index (χ0n) is 15.2. The second kappa shape index (κ2) is 7.70. The second-order valence-electron chi connectivity index (χ2n) is 6.45. The predicted molar refractivity (Wildman–Crippen MR) is 115 cm³/mol. The Bertz CT molecular complexity index is 1180. The molecule has 7 heteroatoms. The summed E-state index contributed by atoms with van der Waals surface area (Å²) in [6.45, 7) is 0.744. The summed E-state index contributed by atoms with van der Waals surface area (Å²) < 4.78 is 3.00. The Kier molecular flexibility index (Phi) is 5.11. The van der Waals surface area contributed by atoms with Gasteiger partial charge in [-0.25, -0.2) is 9.78 Å². The van der Waals surface area contributed by atoms with E-state index in [0.29, 0.717) is 32.7 Å². The first kappa shape index (κ1) is 18.6. The minimum Gasteiger partial charge on any atom is -0.370 e. The number of nitrogens with one attached hydrogen (secondary N) is 1. The Morgan fingerprint density at radius 3 is 2.39 bits per heavy atom. The lowest BCUT2D eigenvalue weighted by atomic mass is 10.1. The summed E-state index contributed by atoms with van der Waals surface area (Å²) >= 11 is 12.6. The topological polar surface area (TPSA) is 51.9 Å². The third-order valence-corrected chi connectivity index (χ3v) is 5.23. The Morgan fingerprint density at radius 2 is 1.68 bits per heavy atom. The van der Waals surface area contributed by atoms with Crippen molar-refractivity contribution >= 4 is 40.2 Å². The fourth-order valence-corrected chi connectivity index (χ4v) is 3.77. The van der Waals surface area contributed by atoms with E-state index in [1.807, 2.05) is 30.3 Å². The number of pyridine rings is 1. The van der Waals surface area contributed by atoms with Gasteiger partial charge in [-0.15, -0.1) is 0 Å². The van der Waals surface area contributed by atoms with Gasteiger partial charge in [-0.05, 0) is 36.2 Å². The zero-order valence-corrected chi connectivity index (χ0v) is 16.7. The highest BCUT2D eigenvalue weighted by Crippen LogP contribution is 2.30. The fraction of sp³-hybridized carbons (Fsp3) is 0.143. The molecule has 0 aliphatic heterocycles. The lowest BCUT2D eigenvalue weighted by molar-refractivity contribution is 0.839. The van der Waals surface area contributed by atoms with Crippen molar-refractivity contribution in [1.29, 1.82) is 0 Å². The Labute approximate surface area is 172 Å². The van der Waals surface area contributed by atoms with E-state index in [1.54, 1.807) is 25.2 Å². The van der Waals surface area contributed by atoms with Gasteiger partial charge in [-0.3, -0.25) is 9.13 Å². The van der Waals surface area contributed by atoms with Crippen LogP contribution in [0.15, 0.2) is 65.5 Å². The molecule has 0 unspecified atom stereocenters. The highest BCUT2D eigenvalue weighted by atomic mass is 35.5. The van der Waals surface area contributed by atoms with Gasteiger partial charge in [0, 0.05) is 13.6 Å². The van der Waals surface area contributed by atoms with Crippen LogP contribution in [0, 0.1) is 0 Å². The molecule has 0 fully saturated rings. The first-order valence-electron chi connectivity index (χ1n) is 8.87. The number of nitrogens with zero attached hydrogens (tertiary/aromatic N) is 3. The van der Waals surface area contributed by atoms with Crippen molar-refractivity contribution in [2.45, 2.75) is 6.42 Å². The van der Waals surface area contributed by atoms with E-state index in [1.165, 1.54) is 14.7 Å². The van der Waals surface area contributed by atoms with E-state index in [0.717, 1.165) is 13.0 Å². The number of para-hydroxylation sites is 1. The van der Waals surface area contributed by atoms with Crippen LogP contribution in [0.25, 0.3) is 16.9 Å². The molecule has 2 heterocycles. The molecule has 5 nitrogen and oxygen atoms in total. The predicted octanol–water partition coefficient (Wildman–Crippen LogP) is 4.69. The molecule has 0 radical (unpaired) electrons. The third-order valence-electron chi connectivity index (χ3n) is 4.62. The van der Waals surface area contributed by atoms with Gasteiger partial charge < -0.3 is 5.32 Å². The third kappa shape index (κ3) is 3.39. The maximum atomic E-state index is 12.9. The van der Waals surface area contributed by atoms with Crippen LogP contribution in [0.4, 0.5) is 5.82 Å². The minimum atomic E-state index is -0.251. The van der Waals surface area contributed by atoms with E-state index in [4.69, 9.17) is 23.2 Å². The molecule has 1 N–H and O–H groups in total. The monoisotopic (exact) mass is 412 g/mol. The molecule has 4 rings (SSSR count). The van der Waals surface area contributed by atoms with Gasteiger partial charge in [0.25, 0.3) is 0 Å². The summed E-state index contributed by atoms with van der Waals surface area (Å²) in [7, 11) is 1.69. The van der Waals surface area contributed by atoms with Crippen molar-refractivity contribution in [2.24, 2.45) is 7.05 Å². The number of fused-ring (bicyclic) bond motifs is 1. The van der Waals surface area contributed by atoms with Crippen molar-refractivity contribution in [1.82, 2.24) is 14.1 Å². The fourth-order valence-electron chi connectivity index (χ4n) is 3.20. The van der Waals surface area contributed by atoms with Gasteiger partial charge >= 0.3 is 5.69 Å². The average molecular weight is 413 g/mol. The Hall–Kier alpha value is -2.76. The van der Waals surface area contributed by atoms with Crippen LogP contribution in [0.2, 0.25) is 10.0 Å². The standard InChI is InChI=1S/C21H18Cl2N4O/c1-26-20-17(27(21(26)28)19-15(22)8-5-9-16(19)23)10-11-18(25-20)24-13-12-14-6-3-2-4-7-14/h2-11H,12-13H2,1H3,(H,24,25). The normalized spacial score (nSPS) is 11.1. The minimum absolute atomic E-state index is 0.251. The van der Waals surface area contributed by atoms with Gasteiger partial charge in [0.2, 0.25) is 0 Å². The number of aromatic nitrogens is 3. The van der Waals surface area contributed by atoms with E-state index < -0.39 is 0 Å². The molecule has 4 aromatic rings. The highest BCUT2D eigenvalue weighted by Gasteiger charge is 2.18. The molecule has 28 heavy (non-hydrogen) atoms. The summed E-state index contributed by atoms with van der Waals surface area (Å²) in [4.78, 5) is 17.5. The van der Waals surface area contributed by atoms with Crippen molar-refractivity contribution in [2.75, 3.05) is 11.9 Å². The molecular formula is C21H18Cl2N4O. The van der Waals surface area contributed by atoms with E-state index in [9.17, 15) is 4.79 Å². The molecular weight excluding hydrogens is 395 g/mol. The van der Waals surface area contributed by atoms with Crippen molar-refractivity contribution < 1.29 is 0 Å². The van der Waals surface area contributed by atoms with Crippen molar-refractivity contribution in [3.05, 3.63) is 86.8 Å². The SMILES string of the molecule is Cn1c(=O)n(-c2c(Cl)cccc2Cl)c2ccc(NCCc3ccccc3)nc21. The number of halogens is 2. The van der Waals surface area contributed by atoms with Gasteiger partial charge in [-0.1, -0.05) is 59.6 Å². The first-order valence-corrected chi connectivity index (χ1v) is 9.62. The molecule has 142 valence electrons. The van der Waals surface area contributed by atoms with Gasteiger partial charge in [0.1, 0.15) is 5.82 Å². The maximum Gasteiger partial charge on any atom is 0.334 e. The largest absolute Gasteiger partial charge is 0.370 e. The molecule has 0 saturated heterocycles. The zero-order chi connectivity index (χ0) is 19.7. The van der Waals surface area contributed by atoms with E-state index in [-0.39, 0.29) is 5.69 Å². The number of rotatable bonds is 5. The average Bonchev–Trinajstić information content (AvgIpc) is 2.94. The summed E-state index contributed by atoms with van der Waals surface area (Å²) in [5.74, 6) is 0.710. The molecule has 0 aliphatic rings. The van der Waals surface area contributed by atoms with Gasteiger partial charge in [0.05, 0.1) is 21.2 Å². The molecule has 2 aromatic heterocycles. The number of hydrogen-bond donors (Lipinski definition) is 1. The maximum absolute atomic E-state index is 12.9. The summed E-state index contributed by atoms with van der Waals surface area (Å²) in [5, 5.41) is 4.13. The Balaban J connectivity index is 1.68. The number of anilines is 1. The number of imidazole rings is 1. The van der Waals surface area contributed by atoms with Crippen LogP contribution in [0.3, 0.4) is 0 Å². The Morgan fingerprint density at radius 1 is 0.964 bits per heavy atom. The molecule has 0 spiro atoms. The van der Waals surface area contributed by atoms with Gasteiger partial charge in [0.15, 0.2) is 5.65 Å². The van der Waals surface area contributed by atoms with Crippen LogP contribution >= 0.6 is 23.2 Å². The van der Waals surface area contributed by atoms with Crippen LogP contribution < -0.4 is 11.0 Å². The molecule has 2 aromatic carbocycles. The molecule has 0 amide bonds. The smallest absolute Gasteiger partial charge is 0.334 e. The van der Waals surface area contributed by atoms with E-state index in [2.05, 4.69) is 22.4 Å². The quantitative estimate of drug-likeness (QED) is 0.517. The number of benzene rings is 2.